The van der Waals surface area contributed by atoms with Gasteiger partial charge in [0, 0.05) is 11.8 Å². The van der Waals surface area contributed by atoms with Gasteiger partial charge in [0.2, 0.25) is 0 Å². The van der Waals surface area contributed by atoms with Crippen LogP contribution in [-0.4, -0.2) is 17.1 Å². The van der Waals surface area contributed by atoms with Crippen LogP contribution in [0, 0.1) is 0 Å². The van der Waals surface area contributed by atoms with E-state index in [0.717, 1.165) is 0 Å². The fourth-order valence-electron chi connectivity index (χ4n) is 2.02. The Balaban J connectivity index is 2.35. The Labute approximate surface area is 148 Å². The molecular formula is C16H16Cl2N2O4. The van der Waals surface area contributed by atoms with Gasteiger partial charge in [-0.2, -0.15) is 0 Å². The Hall–Kier alpha value is -2.18. The van der Waals surface area contributed by atoms with Crippen LogP contribution in [0.3, 0.4) is 0 Å². The van der Waals surface area contributed by atoms with Gasteiger partial charge in [-0.05, 0) is 32.0 Å². The molecule has 0 aliphatic heterocycles. The van der Waals surface area contributed by atoms with Gasteiger partial charge >= 0.3 is 5.97 Å². The summed E-state index contributed by atoms with van der Waals surface area (Å²) in [5.74, 6) is -0.0128. The maximum absolute atomic E-state index is 12.0. The average Bonchev–Trinajstić information content (AvgIpc) is 2.51. The zero-order valence-corrected chi connectivity index (χ0v) is 14.6. The van der Waals surface area contributed by atoms with Gasteiger partial charge in [-0.15, -0.1) is 0 Å². The van der Waals surface area contributed by atoms with Gasteiger partial charge in [0.15, 0.2) is 5.75 Å². The van der Waals surface area contributed by atoms with E-state index in [0.29, 0.717) is 11.4 Å². The highest BCUT2D eigenvalue weighted by Gasteiger charge is 2.18. The first-order valence-electron chi connectivity index (χ1n) is 7.14. The van der Waals surface area contributed by atoms with E-state index in [-0.39, 0.29) is 28.0 Å². The molecule has 0 bridgehead atoms. The number of nitrogens with zero attached hydrogens (tertiary/aromatic N) is 1. The molecule has 2 rings (SSSR count). The second-order valence-electron chi connectivity index (χ2n) is 4.95. The molecule has 24 heavy (non-hydrogen) atoms. The first-order valence-corrected chi connectivity index (χ1v) is 7.90. The third kappa shape index (κ3) is 4.01. The number of nitrogen functional groups attached to an aromatic ring is 1. The van der Waals surface area contributed by atoms with Crippen LogP contribution in [0.25, 0.3) is 0 Å². The molecule has 0 radical (unpaired) electrons. The monoisotopic (exact) mass is 370 g/mol. The van der Waals surface area contributed by atoms with Crippen LogP contribution in [0.1, 0.15) is 19.9 Å². The molecule has 1 aromatic heterocycles. The zero-order chi connectivity index (χ0) is 17.9. The Morgan fingerprint density at radius 2 is 1.92 bits per heavy atom. The molecule has 6 nitrogen and oxygen atoms in total. The molecule has 0 fully saturated rings. The molecule has 0 saturated heterocycles. The number of aromatic nitrogens is 1. The first kappa shape index (κ1) is 18.2. The van der Waals surface area contributed by atoms with E-state index < -0.39 is 12.0 Å². The zero-order valence-electron chi connectivity index (χ0n) is 13.1. The molecule has 0 saturated carbocycles. The molecule has 2 aromatic rings. The summed E-state index contributed by atoms with van der Waals surface area (Å²) < 4.78 is 11.8. The topological polar surface area (TPSA) is 83.6 Å². The van der Waals surface area contributed by atoms with E-state index in [1.54, 1.807) is 13.8 Å². The molecule has 0 amide bonds. The smallest absolute Gasteiger partial charge is 0.328 e. The van der Waals surface area contributed by atoms with Crippen molar-refractivity contribution >= 4 is 34.9 Å². The highest BCUT2D eigenvalue weighted by molar-refractivity contribution is 6.37. The van der Waals surface area contributed by atoms with Crippen molar-refractivity contribution in [3.63, 3.8) is 0 Å². The summed E-state index contributed by atoms with van der Waals surface area (Å²) in [5.41, 5.74) is 5.68. The number of carbonyl (C=O) groups is 1. The number of esters is 1. The van der Waals surface area contributed by atoms with Crippen molar-refractivity contribution in [2.24, 2.45) is 0 Å². The van der Waals surface area contributed by atoms with Gasteiger partial charge in [-0.25, -0.2) is 4.79 Å². The van der Waals surface area contributed by atoms with Crippen molar-refractivity contribution in [2.75, 3.05) is 12.3 Å². The normalized spacial score (nSPS) is 11.8. The molecule has 0 aliphatic rings. The van der Waals surface area contributed by atoms with E-state index in [4.69, 9.17) is 38.4 Å². The molecular weight excluding hydrogens is 355 g/mol. The lowest BCUT2D eigenvalue weighted by Gasteiger charge is -2.16. The van der Waals surface area contributed by atoms with Crippen molar-refractivity contribution in [2.45, 2.75) is 19.9 Å². The Morgan fingerprint density at radius 3 is 2.50 bits per heavy atom. The van der Waals surface area contributed by atoms with Crippen LogP contribution in [0.2, 0.25) is 10.0 Å². The van der Waals surface area contributed by atoms with E-state index in [1.807, 2.05) is 0 Å². The third-order valence-corrected chi connectivity index (χ3v) is 3.76. The molecule has 2 N–H and O–H groups in total. The van der Waals surface area contributed by atoms with E-state index >= 15 is 0 Å². The molecule has 1 unspecified atom stereocenters. The van der Waals surface area contributed by atoms with Crippen LogP contribution < -0.4 is 16.0 Å². The summed E-state index contributed by atoms with van der Waals surface area (Å²) in [7, 11) is 0. The summed E-state index contributed by atoms with van der Waals surface area (Å²) in [5, 5.41) is 0.465. The van der Waals surface area contributed by atoms with E-state index in [2.05, 4.69) is 0 Å². The minimum atomic E-state index is -0.793. The summed E-state index contributed by atoms with van der Waals surface area (Å²) in [4.78, 5) is 23.8. The minimum absolute atomic E-state index is 0.210. The number of hydrogen-bond acceptors (Lipinski definition) is 5. The van der Waals surface area contributed by atoms with E-state index in [9.17, 15) is 9.59 Å². The highest BCUT2D eigenvalue weighted by Crippen LogP contribution is 2.37. The summed E-state index contributed by atoms with van der Waals surface area (Å²) in [6.45, 7) is 3.48. The SMILES string of the molecule is CCOC(=O)C(C)n1cc(Oc2c(Cl)cc(N)cc2Cl)ccc1=O. The van der Waals surface area contributed by atoms with Gasteiger partial charge in [-0.3, -0.25) is 9.36 Å². The van der Waals surface area contributed by atoms with Gasteiger partial charge in [0.1, 0.15) is 11.8 Å². The van der Waals surface area contributed by atoms with E-state index in [1.165, 1.54) is 35.0 Å². The van der Waals surface area contributed by atoms with Crippen molar-refractivity contribution < 1.29 is 14.3 Å². The highest BCUT2D eigenvalue weighted by atomic mass is 35.5. The fraction of sp³-hybridized carbons (Fsp3) is 0.250. The van der Waals surface area contributed by atoms with Crippen LogP contribution in [0.15, 0.2) is 35.3 Å². The number of pyridine rings is 1. The van der Waals surface area contributed by atoms with Crippen LogP contribution in [-0.2, 0) is 9.53 Å². The Morgan fingerprint density at radius 1 is 1.29 bits per heavy atom. The summed E-state index contributed by atoms with van der Waals surface area (Å²) >= 11 is 12.2. The van der Waals surface area contributed by atoms with Gasteiger partial charge in [0.25, 0.3) is 5.56 Å². The molecule has 128 valence electrons. The Bertz CT molecular complexity index is 797. The molecule has 1 aromatic carbocycles. The molecule has 0 aliphatic carbocycles. The number of benzene rings is 1. The van der Waals surface area contributed by atoms with Crippen LogP contribution >= 0.6 is 23.2 Å². The largest absolute Gasteiger partial charge is 0.464 e. The fourth-order valence-corrected chi connectivity index (χ4v) is 2.60. The number of nitrogens with two attached hydrogens (primary N) is 1. The van der Waals surface area contributed by atoms with Crippen LogP contribution in [0.4, 0.5) is 5.69 Å². The standard InChI is InChI=1S/C16H16Cl2N2O4/c1-3-23-16(22)9(2)20-8-11(4-5-14(20)21)24-15-12(17)6-10(19)7-13(15)18/h4-9H,3,19H2,1-2H3. The molecule has 1 heterocycles. The number of anilines is 1. The number of carbonyl (C=O) groups excluding carboxylic acids is 1. The van der Waals surface area contributed by atoms with Crippen molar-refractivity contribution in [1.29, 1.82) is 0 Å². The first-order chi connectivity index (χ1) is 11.3. The lowest BCUT2D eigenvalue weighted by Crippen LogP contribution is -2.28. The summed E-state index contributed by atoms with van der Waals surface area (Å²) in [6.07, 6.45) is 1.40. The number of ether oxygens (including phenoxy) is 2. The van der Waals surface area contributed by atoms with Crippen molar-refractivity contribution in [3.05, 3.63) is 50.9 Å². The van der Waals surface area contributed by atoms with Crippen molar-refractivity contribution in [3.8, 4) is 11.5 Å². The molecule has 1 atom stereocenters. The van der Waals surface area contributed by atoms with Crippen LogP contribution in [0.5, 0.6) is 11.5 Å². The second-order valence-corrected chi connectivity index (χ2v) is 5.77. The predicted molar refractivity (Wildman–Crippen MR) is 93.0 cm³/mol. The van der Waals surface area contributed by atoms with Gasteiger partial charge in [0.05, 0.1) is 22.8 Å². The molecule has 8 heteroatoms. The van der Waals surface area contributed by atoms with Gasteiger partial charge < -0.3 is 15.2 Å². The number of rotatable bonds is 5. The minimum Gasteiger partial charge on any atom is -0.464 e. The third-order valence-electron chi connectivity index (χ3n) is 3.20. The quantitative estimate of drug-likeness (QED) is 0.641. The lowest BCUT2D eigenvalue weighted by atomic mass is 10.3. The van der Waals surface area contributed by atoms with Crippen molar-refractivity contribution in [1.82, 2.24) is 4.57 Å². The second kappa shape index (κ2) is 7.59. The Kier molecular flexibility index (Phi) is 5.75. The maximum atomic E-state index is 12.0. The molecule has 0 spiro atoms. The maximum Gasteiger partial charge on any atom is 0.328 e. The summed E-state index contributed by atoms with van der Waals surface area (Å²) in [6, 6.07) is 4.95. The lowest BCUT2D eigenvalue weighted by molar-refractivity contribution is -0.146. The number of hydrogen-bond donors (Lipinski definition) is 1. The van der Waals surface area contributed by atoms with Gasteiger partial charge in [-0.1, -0.05) is 23.2 Å². The predicted octanol–water partition coefficient (Wildman–Crippen LogP) is 3.65. The number of halogens is 2. The average molecular weight is 371 g/mol.